The van der Waals surface area contributed by atoms with Gasteiger partial charge in [0.05, 0.1) is 0 Å². The van der Waals surface area contributed by atoms with Gasteiger partial charge in [0.25, 0.3) is 0 Å². The summed E-state index contributed by atoms with van der Waals surface area (Å²) in [6, 6.07) is 0. The summed E-state index contributed by atoms with van der Waals surface area (Å²) in [6.45, 7) is 0. The Kier molecular flexibility index (Phi) is 8.49. The van der Waals surface area contributed by atoms with E-state index in [0.29, 0.717) is 0 Å². The van der Waals surface area contributed by atoms with E-state index < -0.39 is 0 Å². The monoisotopic (exact) mass is 281 g/mol. The van der Waals surface area contributed by atoms with Gasteiger partial charge in [0.2, 0.25) is 0 Å². The highest BCUT2D eigenvalue weighted by Crippen LogP contribution is 2.39. The summed E-state index contributed by atoms with van der Waals surface area (Å²) in [5.74, 6) is 0. The third kappa shape index (κ3) is 7.12. The topological polar surface area (TPSA) is 0 Å². The Morgan fingerprint density at radius 2 is 0.632 bits per heavy atom. The highest BCUT2D eigenvalue weighted by molar-refractivity contribution is 7.39. The van der Waals surface area contributed by atoms with E-state index >= 15 is 0 Å². The minimum absolute atomic E-state index is 1.06. The number of hydrogen-bond acceptors (Lipinski definition) is 0. The Morgan fingerprint density at radius 3 is 0.947 bits per heavy atom. The Labute approximate surface area is 123 Å². The Balaban J connectivity index is 1.74. The van der Waals surface area contributed by atoms with Gasteiger partial charge in [-0.2, -0.15) is 0 Å². The van der Waals surface area contributed by atoms with Gasteiger partial charge in [-0.15, -0.1) is 0 Å². The fraction of sp³-hybridized carbons (Fsp3) is 1.00. The van der Waals surface area contributed by atoms with Crippen molar-refractivity contribution < 1.29 is 0 Å². The molecule has 2 fully saturated rings. The van der Waals surface area contributed by atoms with Gasteiger partial charge in [0, 0.05) is 0 Å². The van der Waals surface area contributed by atoms with E-state index in [1.165, 1.54) is 103 Å². The molecule has 0 heterocycles. The van der Waals surface area contributed by atoms with Gasteiger partial charge < -0.3 is 0 Å². The van der Waals surface area contributed by atoms with Gasteiger partial charge in [-0.05, 0) is 37.0 Å². The van der Waals surface area contributed by atoms with Crippen LogP contribution in [-0.2, 0) is 0 Å². The summed E-state index contributed by atoms with van der Waals surface area (Å²) in [7, 11) is 1.86. The fourth-order valence-corrected chi connectivity index (χ4v) is 5.74. The van der Waals surface area contributed by atoms with Crippen molar-refractivity contribution in [2.75, 3.05) is 0 Å². The molecule has 0 aliphatic heterocycles. The zero-order valence-electron chi connectivity index (χ0n) is 12.9. The van der Waals surface area contributed by atoms with Gasteiger partial charge in [0.15, 0.2) is 0 Å². The van der Waals surface area contributed by atoms with Crippen LogP contribution in [0, 0.1) is 0 Å². The van der Waals surface area contributed by atoms with Gasteiger partial charge >= 0.3 is 0 Å². The van der Waals surface area contributed by atoms with E-state index in [4.69, 9.17) is 0 Å². The summed E-state index contributed by atoms with van der Waals surface area (Å²) >= 11 is 0. The molecule has 2 aliphatic carbocycles. The molecule has 0 aromatic heterocycles. The van der Waals surface area contributed by atoms with E-state index in [1.807, 2.05) is 8.58 Å². The summed E-state index contributed by atoms with van der Waals surface area (Å²) in [4.78, 5) is 0. The Bertz CT molecular complexity index is 172. The van der Waals surface area contributed by atoms with Crippen LogP contribution < -0.4 is 0 Å². The van der Waals surface area contributed by atoms with Crippen LogP contribution >= 0.6 is 8.58 Å². The van der Waals surface area contributed by atoms with Gasteiger partial charge in [-0.3, -0.25) is 0 Å². The van der Waals surface area contributed by atoms with Crippen LogP contribution in [0.25, 0.3) is 0 Å². The maximum absolute atomic E-state index is 1.86. The predicted octanol–water partition coefficient (Wildman–Crippen LogP) is 6.94. The summed E-state index contributed by atoms with van der Waals surface area (Å²) in [6.07, 6.45) is 24.3. The minimum atomic E-state index is 1.06. The van der Waals surface area contributed by atoms with Gasteiger partial charge in [-0.25, -0.2) is 0 Å². The molecule has 0 saturated heterocycles. The summed E-state index contributed by atoms with van der Waals surface area (Å²) in [5.41, 5.74) is 2.12. The molecule has 0 unspecified atom stereocenters. The number of rotatable bonds is 2. The fourth-order valence-electron chi connectivity index (χ4n) is 3.82. The molecule has 19 heavy (non-hydrogen) atoms. The standard InChI is InChI=1S/C18H34P/c1-2-6-10-14-17(13-9-5-1)19-18-15-11-7-3-4-8-12-16-18/h17-18H,1-16H2. The highest BCUT2D eigenvalue weighted by Gasteiger charge is 2.18. The van der Waals surface area contributed by atoms with Crippen LogP contribution in [-0.4, -0.2) is 11.3 Å². The SMILES string of the molecule is C1CCCCC([P]C2CCCCCCCC2)CCC1. The van der Waals surface area contributed by atoms with Gasteiger partial charge in [0.1, 0.15) is 0 Å². The van der Waals surface area contributed by atoms with Crippen molar-refractivity contribution in [1.82, 2.24) is 0 Å². The average Bonchev–Trinajstić information content (AvgIpc) is 2.62. The van der Waals surface area contributed by atoms with Crippen LogP contribution in [0.4, 0.5) is 0 Å². The van der Waals surface area contributed by atoms with E-state index in [2.05, 4.69) is 0 Å². The molecule has 2 rings (SSSR count). The molecule has 1 radical (unpaired) electrons. The summed E-state index contributed by atoms with van der Waals surface area (Å²) in [5, 5.41) is 0. The minimum Gasteiger partial charge on any atom is -0.0741 e. The zero-order valence-corrected chi connectivity index (χ0v) is 13.8. The van der Waals surface area contributed by atoms with E-state index in [-0.39, 0.29) is 0 Å². The maximum Gasteiger partial charge on any atom is -0.0168 e. The van der Waals surface area contributed by atoms with Crippen molar-refractivity contribution in [2.45, 2.75) is 114 Å². The van der Waals surface area contributed by atoms with E-state index in [0.717, 1.165) is 11.3 Å². The summed E-state index contributed by atoms with van der Waals surface area (Å²) < 4.78 is 0. The maximum atomic E-state index is 1.86. The van der Waals surface area contributed by atoms with Gasteiger partial charge in [-0.1, -0.05) is 85.6 Å². The van der Waals surface area contributed by atoms with Crippen molar-refractivity contribution in [3.63, 3.8) is 0 Å². The second-order valence-corrected chi connectivity index (χ2v) is 8.61. The van der Waals surface area contributed by atoms with Crippen LogP contribution in [0.2, 0.25) is 0 Å². The Morgan fingerprint density at radius 1 is 0.368 bits per heavy atom. The molecule has 0 bridgehead atoms. The predicted molar refractivity (Wildman–Crippen MR) is 88.4 cm³/mol. The third-order valence-electron chi connectivity index (χ3n) is 5.07. The van der Waals surface area contributed by atoms with Crippen LogP contribution in [0.3, 0.4) is 0 Å². The second-order valence-electron chi connectivity index (χ2n) is 6.85. The third-order valence-corrected chi connectivity index (χ3v) is 6.95. The molecule has 0 spiro atoms. The lowest BCUT2D eigenvalue weighted by molar-refractivity contribution is 0.604. The van der Waals surface area contributed by atoms with Crippen LogP contribution in [0.15, 0.2) is 0 Å². The Hall–Kier alpha value is 0.430. The van der Waals surface area contributed by atoms with Crippen molar-refractivity contribution in [3.05, 3.63) is 0 Å². The second kappa shape index (κ2) is 10.2. The van der Waals surface area contributed by atoms with E-state index in [1.54, 1.807) is 0 Å². The van der Waals surface area contributed by atoms with Crippen LogP contribution in [0.1, 0.15) is 103 Å². The molecular weight excluding hydrogens is 247 g/mol. The van der Waals surface area contributed by atoms with Crippen molar-refractivity contribution in [3.8, 4) is 0 Å². The van der Waals surface area contributed by atoms with Crippen LogP contribution in [0.5, 0.6) is 0 Å². The molecule has 0 nitrogen and oxygen atoms in total. The molecule has 2 saturated carbocycles. The normalized spacial score (nSPS) is 26.5. The average molecular weight is 281 g/mol. The molecule has 0 amide bonds. The molecule has 0 aromatic carbocycles. The lowest BCUT2D eigenvalue weighted by Gasteiger charge is -2.22. The highest BCUT2D eigenvalue weighted by atomic mass is 31.1. The first kappa shape index (κ1) is 15.8. The van der Waals surface area contributed by atoms with Crippen molar-refractivity contribution in [1.29, 1.82) is 0 Å². The first-order valence-electron chi connectivity index (χ1n) is 9.15. The molecule has 1 heteroatoms. The lowest BCUT2D eigenvalue weighted by Crippen LogP contribution is -2.09. The molecule has 111 valence electrons. The van der Waals surface area contributed by atoms with Crippen molar-refractivity contribution in [2.24, 2.45) is 0 Å². The smallest absolute Gasteiger partial charge is 0.0168 e. The molecule has 2 aliphatic rings. The first-order valence-corrected chi connectivity index (χ1v) is 10.2. The first-order chi connectivity index (χ1) is 9.45. The zero-order chi connectivity index (χ0) is 13.2. The van der Waals surface area contributed by atoms with Crippen molar-refractivity contribution >= 4 is 8.58 Å². The number of hydrogen-bond donors (Lipinski definition) is 0. The largest absolute Gasteiger partial charge is 0.0741 e. The van der Waals surface area contributed by atoms with E-state index in [9.17, 15) is 0 Å². The molecule has 0 atom stereocenters. The molecular formula is C18H34P. The molecule has 0 N–H and O–H groups in total. The quantitative estimate of drug-likeness (QED) is 0.481. The lowest BCUT2D eigenvalue weighted by atomic mass is 10.1. The molecule has 0 aromatic rings.